The van der Waals surface area contributed by atoms with Gasteiger partial charge in [0.2, 0.25) is 8.32 Å². The van der Waals surface area contributed by atoms with E-state index in [0.717, 1.165) is 6.08 Å². The molecule has 0 saturated heterocycles. The quantitative estimate of drug-likeness (QED) is 0.390. The van der Waals surface area contributed by atoms with Crippen molar-refractivity contribution in [1.29, 1.82) is 0 Å². The topological polar surface area (TPSA) is 54.0 Å². The first-order chi connectivity index (χ1) is 8.43. The van der Waals surface area contributed by atoms with Gasteiger partial charge in [0, 0.05) is 13.2 Å². The Morgan fingerprint density at radius 1 is 1.05 bits per heavy atom. The van der Waals surface area contributed by atoms with Gasteiger partial charge in [-0.15, -0.1) is 0 Å². The maximum atomic E-state index is 11.1. The van der Waals surface area contributed by atoms with Crippen LogP contribution in [-0.4, -0.2) is 44.7 Å². The summed E-state index contributed by atoms with van der Waals surface area (Å²) in [5.74, 6) is -0.420. The molecular weight excluding hydrogens is 296 g/mol. The SMILES string of the molecule is C=CC(=O)OC[Si](C)(C)O[Si](C)(C)O[Si](C)(C)OC. The van der Waals surface area contributed by atoms with Crippen LogP contribution >= 0.6 is 0 Å². The van der Waals surface area contributed by atoms with E-state index in [4.69, 9.17) is 17.4 Å². The van der Waals surface area contributed by atoms with E-state index in [-0.39, 0.29) is 0 Å². The highest BCUT2D eigenvalue weighted by Gasteiger charge is 2.40. The molecule has 8 heteroatoms. The minimum Gasteiger partial charge on any atom is -0.463 e. The van der Waals surface area contributed by atoms with Gasteiger partial charge in [0.1, 0.15) is 6.23 Å². The second-order valence-electron chi connectivity index (χ2n) is 5.78. The molecule has 0 atom stereocenters. The van der Waals surface area contributed by atoms with Crippen LogP contribution in [-0.2, 0) is 22.2 Å². The molecule has 19 heavy (non-hydrogen) atoms. The first-order valence-corrected chi connectivity index (χ1v) is 14.9. The molecule has 0 aliphatic heterocycles. The Morgan fingerprint density at radius 3 is 2.00 bits per heavy atom. The van der Waals surface area contributed by atoms with Crippen LogP contribution < -0.4 is 0 Å². The van der Waals surface area contributed by atoms with Crippen molar-refractivity contribution >= 4 is 31.4 Å². The van der Waals surface area contributed by atoms with Crippen LogP contribution in [0.5, 0.6) is 0 Å². The number of hydrogen-bond acceptors (Lipinski definition) is 5. The summed E-state index contributed by atoms with van der Waals surface area (Å²) >= 11 is 0. The normalized spacial score (nSPS) is 13.2. The Morgan fingerprint density at radius 2 is 1.58 bits per heavy atom. The van der Waals surface area contributed by atoms with Crippen LogP contribution in [0.4, 0.5) is 0 Å². The second kappa shape index (κ2) is 6.95. The first kappa shape index (κ1) is 18.7. The Kier molecular flexibility index (Phi) is 6.86. The predicted molar refractivity (Wildman–Crippen MR) is 82.8 cm³/mol. The molecule has 0 aliphatic rings. The van der Waals surface area contributed by atoms with E-state index < -0.39 is 31.4 Å². The van der Waals surface area contributed by atoms with Crippen molar-refractivity contribution in [2.75, 3.05) is 13.3 Å². The number of esters is 1. The highest BCUT2D eigenvalue weighted by Crippen LogP contribution is 2.20. The Hall–Kier alpha value is -0.259. The summed E-state index contributed by atoms with van der Waals surface area (Å²) in [5.41, 5.74) is 0. The summed E-state index contributed by atoms with van der Waals surface area (Å²) in [6.45, 7) is 15.3. The lowest BCUT2D eigenvalue weighted by Crippen LogP contribution is -2.54. The van der Waals surface area contributed by atoms with Gasteiger partial charge in [0.05, 0.1) is 0 Å². The molecule has 0 spiro atoms. The third-order valence-corrected chi connectivity index (χ3v) is 12.2. The summed E-state index contributed by atoms with van der Waals surface area (Å²) in [6, 6.07) is 0. The fraction of sp³-hybridized carbons (Fsp3) is 0.727. The average Bonchev–Trinajstić information content (AvgIpc) is 2.23. The van der Waals surface area contributed by atoms with Crippen LogP contribution in [0.2, 0.25) is 39.3 Å². The third-order valence-electron chi connectivity index (χ3n) is 2.23. The zero-order valence-electron chi connectivity index (χ0n) is 13.0. The van der Waals surface area contributed by atoms with Crippen molar-refractivity contribution in [3.63, 3.8) is 0 Å². The van der Waals surface area contributed by atoms with Crippen LogP contribution in [0.15, 0.2) is 12.7 Å². The van der Waals surface area contributed by atoms with E-state index in [0.29, 0.717) is 6.23 Å². The highest BCUT2D eigenvalue weighted by atomic mass is 28.5. The van der Waals surface area contributed by atoms with Gasteiger partial charge >= 0.3 is 23.1 Å². The number of ether oxygens (including phenoxy) is 1. The van der Waals surface area contributed by atoms with Gasteiger partial charge in [0.25, 0.3) is 0 Å². The Bertz CT molecular complexity index is 328. The molecule has 0 fully saturated rings. The molecule has 0 bridgehead atoms. The maximum Gasteiger partial charge on any atom is 0.329 e. The molecule has 0 aromatic rings. The largest absolute Gasteiger partial charge is 0.463 e. The van der Waals surface area contributed by atoms with Gasteiger partial charge in [-0.2, -0.15) is 0 Å². The van der Waals surface area contributed by atoms with E-state index in [1.165, 1.54) is 0 Å². The van der Waals surface area contributed by atoms with Gasteiger partial charge in [-0.3, -0.25) is 0 Å². The van der Waals surface area contributed by atoms with Gasteiger partial charge in [-0.1, -0.05) is 6.58 Å². The number of carbonyl (C=O) groups is 1. The molecule has 0 unspecified atom stereocenters. The molecule has 0 heterocycles. The zero-order chi connectivity index (χ0) is 15.3. The van der Waals surface area contributed by atoms with Crippen LogP contribution in [0.25, 0.3) is 0 Å². The third kappa shape index (κ3) is 8.50. The van der Waals surface area contributed by atoms with Crippen molar-refractivity contribution < 1.29 is 22.2 Å². The number of carbonyl (C=O) groups excluding carboxylic acids is 1. The van der Waals surface area contributed by atoms with E-state index in [2.05, 4.69) is 6.58 Å². The smallest absolute Gasteiger partial charge is 0.329 e. The summed E-state index contributed by atoms with van der Waals surface area (Å²) in [6.07, 6.45) is 1.46. The average molecular weight is 323 g/mol. The van der Waals surface area contributed by atoms with Gasteiger partial charge in [-0.05, 0) is 39.3 Å². The highest BCUT2D eigenvalue weighted by molar-refractivity contribution is 6.86. The maximum absolute atomic E-state index is 11.1. The molecule has 112 valence electrons. The van der Waals surface area contributed by atoms with Crippen LogP contribution in [0.3, 0.4) is 0 Å². The zero-order valence-corrected chi connectivity index (χ0v) is 16.0. The summed E-state index contributed by atoms with van der Waals surface area (Å²) in [5, 5.41) is 0. The Balaban J connectivity index is 4.53. The van der Waals surface area contributed by atoms with Gasteiger partial charge in [0.15, 0.2) is 0 Å². The molecule has 0 amide bonds. The van der Waals surface area contributed by atoms with E-state index in [9.17, 15) is 4.79 Å². The van der Waals surface area contributed by atoms with Crippen LogP contribution in [0, 0.1) is 0 Å². The fourth-order valence-electron chi connectivity index (χ4n) is 1.65. The molecule has 0 aliphatic carbocycles. The number of hydrogen-bond donors (Lipinski definition) is 0. The van der Waals surface area contributed by atoms with Crippen molar-refractivity contribution in [3.05, 3.63) is 12.7 Å². The molecule has 0 N–H and O–H groups in total. The summed E-state index contributed by atoms with van der Waals surface area (Å²) < 4.78 is 22.7. The molecule has 0 aromatic heterocycles. The van der Waals surface area contributed by atoms with Crippen LogP contribution in [0.1, 0.15) is 0 Å². The van der Waals surface area contributed by atoms with Crippen molar-refractivity contribution in [3.8, 4) is 0 Å². The predicted octanol–water partition coefficient (Wildman–Crippen LogP) is 2.54. The number of rotatable bonds is 8. The lowest BCUT2D eigenvalue weighted by molar-refractivity contribution is -0.136. The summed E-state index contributed by atoms with van der Waals surface area (Å²) in [7, 11) is -4.88. The van der Waals surface area contributed by atoms with Gasteiger partial charge in [-0.25, -0.2) is 4.79 Å². The fourth-order valence-corrected chi connectivity index (χ4v) is 13.3. The molecule has 0 rings (SSSR count). The lowest BCUT2D eigenvalue weighted by atomic mass is 10.7. The first-order valence-electron chi connectivity index (χ1n) is 6.18. The molecule has 0 aromatic carbocycles. The van der Waals surface area contributed by atoms with Crippen molar-refractivity contribution in [2.24, 2.45) is 0 Å². The molecule has 0 radical (unpaired) electrons. The molecule has 0 saturated carbocycles. The van der Waals surface area contributed by atoms with Gasteiger partial charge < -0.3 is 17.4 Å². The van der Waals surface area contributed by atoms with Crippen molar-refractivity contribution in [1.82, 2.24) is 0 Å². The lowest BCUT2D eigenvalue weighted by Gasteiger charge is -2.37. The Labute approximate surface area is 119 Å². The van der Waals surface area contributed by atoms with E-state index in [1.54, 1.807) is 7.11 Å². The molecule has 5 nitrogen and oxygen atoms in total. The minimum atomic E-state index is -2.30. The standard InChI is InChI=1S/C11H26O5Si3/c1-9-11(12)14-10-17(3,4)15-19(7,8)16-18(5,6)13-2/h9H,1,10H2,2-8H3. The van der Waals surface area contributed by atoms with E-state index in [1.807, 2.05) is 39.3 Å². The minimum absolute atomic E-state index is 0.298. The summed E-state index contributed by atoms with van der Waals surface area (Å²) in [4.78, 5) is 11.1. The van der Waals surface area contributed by atoms with Crippen molar-refractivity contribution in [2.45, 2.75) is 39.3 Å². The molecular formula is C11H26O5Si3. The van der Waals surface area contributed by atoms with E-state index >= 15 is 0 Å². The second-order valence-corrected chi connectivity index (χ2v) is 17.2. The monoisotopic (exact) mass is 322 g/mol.